The third-order valence-corrected chi connectivity index (χ3v) is 4.60. The summed E-state index contributed by atoms with van der Waals surface area (Å²) in [5.41, 5.74) is 2.31. The van der Waals surface area contributed by atoms with Crippen LogP contribution in [0.2, 0.25) is 0 Å². The highest BCUT2D eigenvalue weighted by molar-refractivity contribution is 7.13. The third kappa shape index (κ3) is 3.35. The fourth-order valence-corrected chi connectivity index (χ4v) is 3.29. The number of aromatic nitrogens is 1. The molecule has 2 aromatic heterocycles. The Balaban J connectivity index is 1.67. The van der Waals surface area contributed by atoms with Crippen molar-refractivity contribution >= 4 is 28.6 Å². The van der Waals surface area contributed by atoms with Crippen molar-refractivity contribution < 1.29 is 14.3 Å². The van der Waals surface area contributed by atoms with Gasteiger partial charge in [-0.2, -0.15) is 11.3 Å². The number of thiazole rings is 1. The van der Waals surface area contributed by atoms with Gasteiger partial charge in [0, 0.05) is 16.3 Å². The van der Waals surface area contributed by atoms with Gasteiger partial charge in [0.05, 0.1) is 18.4 Å². The fourth-order valence-electron chi connectivity index (χ4n) is 1.87. The summed E-state index contributed by atoms with van der Waals surface area (Å²) in [6, 6.07) is 9.46. The van der Waals surface area contributed by atoms with E-state index in [2.05, 4.69) is 4.98 Å². The molecule has 0 radical (unpaired) electrons. The molecule has 0 fully saturated rings. The van der Waals surface area contributed by atoms with Crippen LogP contribution < -0.4 is 4.74 Å². The minimum atomic E-state index is -0.322. The Kier molecular flexibility index (Phi) is 4.50. The second kappa shape index (κ2) is 6.72. The first-order valence-corrected chi connectivity index (χ1v) is 8.36. The molecular weight excluding hydrogens is 318 g/mol. The number of thiophene rings is 1. The lowest BCUT2D eigenvalue weighted by molar-refractivity contribution is 0.0469. The van der Waals surface area contributed by atoms with E-state index < -0.39 is 0 Å². The summed E-state index contributed by atoms with van der Waals surface area (Å²) in [7, 11) is 1.64. The summed E-state index contributed by atoms with van der Waals surface area (Å²) in [5, 5.41) is 6.39. The van der Waals surface area contributed by atoms with E-state index in [1.54, 1.807) is 18.6 Å². The molecule has 3 rings (SSSR count). The molecule has 2 heterocycles. The highest BCUT2D eigenvalue weighted by atomic mass is 32.1. The Labute approximate surface area is 136 Å². The largest absolute Gasteiger partial charge is 0.497 e. The molecule has 112 valence electrons. The zero-order chi connectivity index (χ0) is 15.4. The lowest BCUT2D eigenvalue weighted by Gasteiger charge is -2.02. The zero-order valence-electron chi connectivity index (χ0n) is 11.8. The van der Waals surface area contributed by atoms with Crippen molar-refractivity contribution in [3.05, 3.63) is 57.7 Å². The van der Waals surface area contributed by atoms with Crippen molar-refractivity contribution in [1.29, 1.82) is 0 Å². The first-order valence-electron chi connectivity index (χ1n) is 6.54. The number of esters is 1. The molecule has 0 saturated heterocycles. The third-order valence-electron chi connectivity index (χ3n) is 2.98. The van der Waals surface area contributed by atoms with Crippen molar-refractivity contribution in [2.75, 3.05) is 7.11 Å². The molecule has 0 aliphatic heterocycles. The summed E-state index contributed by atoms with van der Waals surface area (Å²) < 4.78 is 10.5. The summed E-state index contributed by atoms with van der Waals surface area (Å²) in [6.07, 6.45) is 0. The molecule has 0 saturated carbocycles. The smallest absolute Gasteiger partial charge is 0.339 e. The van der Waals surface area contributed by atoms with Crippen LogP contribution in [-0.4, -0.2) is 18.1 Å². The molecule has 0 N–H and O–H groups in total. The van der Waals surface area contributed by atoms with Crippen molar-refractivity contribution in [3.63, 3.8) is 0 Å². The van der Waals surface area contributed by atoms with Crippen molar-refractivity contribution in [3.8, 4) is 16.3 Å². The summed E-state index contributed by atoms with van der Waals surface area (Å²) in [6.45, 7) is 0.176. The molecule has 0 unspecified atom stereocenters. The van der Waals surface area contributed by atoms with Gasteiger partial charge in [0.1, 0.15) is 17.4 Å². The van der Waals surface area contributed by atoms with E-state index >= 15 is 0 Å². The molecular formula is C16H13NO3S2. The number of methoxy groups -OCH3 is 1. The van der Waals surface area contributed by atoms with E-state index in [1.807, 2.05) is 35.0 Å². The van der Waals surface area contributed by atoms with E-state index in [9.17, 15) is 4.79 Å². The molecule has 4 nitrogen and oxygen atoms in total. The second-order valence-electron chi connectivity index (χ2n) is 4.46. The molecule has 1 aromatic carbocycles. The van der Waals surface area contributed by atoms with Gasteiger partial charge in [-0.3, -0.25) is 0 Å². The Hall–Kier alpha value is -2.18. The zero-order valence-corrected chi connectivity index (χ0v) is 13.4. The number of hydrogen-bond donors (Lipinski definition) is 0. The topological polar surface area (TPSA) is 48.4 Å². The van der Waals surface area contributed by atoms with Crippen LogP contribution in [0.1, 0.15) is 16.1 Å². The van der Waals surface area contributed by atoms with Crippen LogP contribution in [0.4, 0.5) is 0 Å². The number of benzene rings is 1. The van der Waals surface area contributed by atoms with Gasteiger partial charge in [0.25, 0.3) is 0 Å². The van der Waals surface area contributed by atoms with Crippen molar-refractivity contribution in [2.45, 2.75) is 6.61 Å². The number of nitrogens with zero attached hydrogens (tertiary/aromatic N) is 1. The van der Waals surface area contributed by atoms with Crippen molar-refractivity contribution in [1.82, 2.24) is 4.98 Å². The summed E-state index contributed by atoms with van der Waals surface area (Å²) in [5.74, 6) is 0.468. The molecule has 0 aliphatic rings. The van der Waals surface area contributed by atoms with Crippen LogP contribution >= 0.6 is 22.7 Å². The van der Waals surface area contributed by atoms with E-state index in [1.165, 1.54) is 22.7 Å². The lowest BCUT2D eigenvalue weighted by atomic mass is 10.2. The van der Waals surface area contributed by atoms with E-state index in [-0.39, 0.29) is 12.6 Å². The van der Waals surface area contributed by atoms with Crippen LogP contribution in [0.3, 0.4) is 0 Å². The maximum Gasteiger partial charge on any atom is 0.339 e. The maximum absolute atomic E-state index is 11.8. The maximum atomic E-state index is 11.8. The highest BCUT2D eigenvalue weighted by Crippen LogP contribution is 2.27. The first-order chi connectivity index (χ1) is 10.8. The molecule has 0 aliphatic carbocycles. The van der Waals surface area contributed by atoms with Crippen LogP contribution in [0.15, 0.2) is 46.5 Å². The SMILES string of the molecule is COc1cccc(-c2nc(COC(=O)c3ccsc3)cs2)c1. The average Bonchev–Trinajstić information content (AvgIpc) is 3.24. The molecule has 0 spiro atoms. The predicted octanol–water partition coefficient (Wildman–Crippen LogP) is 4.24. The minimum absolute atomic E-state index is 0.176. The summed E-state index contributed by atoms with van der Waals surface area (Å²) >= 11 is 2.98. The monoisotopic (exact) mass is 331 g/mol. The highest BCUT2D eigenvalue weighted by Gasteiger charge is 2.10. The quantitative estimate of drug-likeness (QED) is 0.656. The average molecular weight is 331 g/mol. The fraction of sp³-hybridized carbons (Fsp3) is 0.125. The Morgan fingerprint density at radius 2 is 2.18 bits per heavy atom. The van der Waals surface area contributed by atoms with Gasteiger partial charge in [-0.25, -0.2) is 9.78 Å². The van der Waals surface area contributed by atoms with Crippen molar-refractivity contribution in [2.24, 2.45) is 0 Å². The van der Waals surface area contributed by atoms with Gasteiger partial charge >= 0.3 is 5.97 Å². The van der Waals surface area contributed by atoms with Crippen LogP contribution in [0.25, 0.3) is 10.6 Å². The molecule has 6 heteroatoms. The van der Waals surface area contributed by atoms with Gasteiger partial charge < -0.3 is 9.47 Å². The van der Waals surface area contributed by atoms with E-state index in [4.69, 9.17) is 9.47 Å². The molecule has 0 amide bonds. The minimum Gasteiger partial charge on any atom is -0.497 e. The number of carbonyl (C=O) groups is 1. The van der Waals surface area contributed by atoms with E-state index in [0.717, 1.165) is 22.0 Å². The van der Waals surface area contributed by atoms with Crippen LogP contribution in [-0.2, 0) is 11.3 Å². The molecule has 0 bridgehead atoms. The van der Waals surface area contributed by atoms with Crippen LogP contribution in [0.5, 0.6) is 5.75 Å². The predicted molar refractivity (Wildman–Crippen MR) is 87.5 cm³/mol. The molecule has 3 aromatic rings. The standard InChI is InChI=1S/C16H13NO3S2/c1-19-14-4-2-3-11(7-14)15-17-13(10-22-15)8-20-16(18)12-5-6-21-9-12/h2-7,9-10H,8H2,1H3. The lowest BCUT2D eigenvalue weighted by Crippen LogP contribution is -2.03. The normalized spacial score (nSPS) is 10.4. The Morgan fingerprint density at radius 3 is 2.95 bits per heavy atom. The number of rotatable bonds is 5. The van der Waals surface area contributed by atoms with Crippen LogP contribution in [0, 0.1) is 0 Å². The number of carbonyl (C=O) groups excluding carboxylic acids is 1. The molecule has 22 heavy (non-hydrogen) atoms. The first kappa shape index (κ1) is 14.7. The number of hydrogen-bond acceptors (Lipinski definition) is 6. The summed E-state index contributed by atoms with van der Waals surface area (Å²) in [4.78, 5) is 16.3. The van der Waals surface area contributed by atoms with Gasteiger partial charge in [-0.15, -0.1) is 11.3 Å². The van der Waals surface area contributed by atoms with Gasteiger partial charge in [-0.1, -0.05) is 12.1 Å². The van der Waals surface area contributed by atoms with E-state index in [0.29, 0.717) is 5.56 Å². The number of ether oxygens (including phenoxy) is 2. The Bertz CT molecular complexity index is 765. The molecule has 0 atom stereocenters. The van der Waals surface area contributed by atoms with Gasteiger partial charge in [0.15, 0.2) is 0 Å². The van der Waals surface area contributed by atoms with Gasteiger partial charge in [-0.05, 0) is 23.6 Å². The van der Waals surface area contributed by atoms with Gasteiger partial charge in [0.2, 0.25) is 0 Å². The Morgan fingerprint density at radius 1 is 1.27 bits per heavy atom. The second-order valence-corrected chi connectivity index (χ2v) is 6.10.